The maximum Gasteiger partial charge on any atom is 0.00723 e. The molecule has 1 rings (SSSR count). The largest absolute Gasteiger partial charge is 0.327 e. The van der Waals surface area contributed by atoms with Gasteiger partial charge < -0.3 is 5.73 Å². The third kappa shape index (κ3) is 4.98. The van der Waals surface area contributed by atoms with Gasteiger partial charge in [0.15, 0.2) is 0 Å². The van der Waals surface area contributed by atoms with Gasteiger partial charge >= 0.3 is 0 Å². The topological polar surface area (TPSA) is 26.0 Å². The van der Waals surface area contributed by atoms with E-state index in [0.29, 0.717) is 17.4 Å². The molecule has 1 nitrogen and oxygen atoms in total. The summed E-state index contributed by atoms with van der Waals surface area (Å²) in [5, 5.41) is 0. The fraction of sp³-hybridized carbons (Fsp3) is 1.00. The van der Waals surface area contributed by atoms with Crippen molar-refractivity contribution < 1.29 is 0 Å². The van der Waals surface area contributed by atoms with E-state index in [4.69, 9.17) is 5.73 Å². The molecule has 1 saturated carbocycles. The first-order valence-electron chi connectivity index (χ1n) is 10.00. The van der Waals surface area contributed by atoms with Gasteiger partial charge in [0, 0.05) is 6.04 Å². The zero-order valence-electron chi connectivity index (χ0n) is 16.5. The van der Waals surface area contributed by atoms with Crippen LogP contribution in [-0.2, 0) is 0 Å². The summed E-state index contributed by atoms with van der Waals surface area (Å²) in [5.74, 6) is 4.05. The molecule has 0 saturated heterocycles. The molecular weight excluding hydrogens is 266 g/mol. The van der Waals surface area contributed by atoms with E-state index in [-0.39, 0.29) is 0 Å². The Hall–Kier alpha value is -0.0400. The standard InChI is InChI=1S/C21H43N/c1-8-15(3)12-13-16(4)17(5)18-11-10-14-21(6,7)20(18)19(22)9-2/h15-20H,8-14,22H2,1-7H3. The van der Waals surface area contributed by atoms with Crippen LogP contribution in [0.1, 0.15) is 93.4 Å². The van der Waals surface area contributed by atoms with Crippen molar-refractivity contribution in [3.8, 4) is 0 Å². The quantitative estimate of drug-likeness (QED) is 0.562. The number of rotatable bonds is 8. The van der Waals surface area contributed by atoms with Crippen LogP contribution in [0.2, 0.25) is 0 Å². The maximum atomic E-state index is 6.60. The molecule has 1 fully saturated rings. The van der Waals surface area contributed by atoms with Crippen molar-refractivity contribution in [1.82, 2.24) is 0 Å². The van der Waals surface area contributed by atoms with E-state index in [1.807, 2.05) is 0 Å². The van der Waals surface area contributed by atoms with Crippen LogP contribution >= 0.6 is 0 Å². The van der Waals surface area contributed by atoms with Crippen LogP contribution in [0.25, 0.3) is 0 Å². The van der Waals surface area contributed by atoms with Gasteiger partial charge in [-0.25, -0.2) is 0 Å². The molecule has 0 aromatic heterocycles. The average Bonchev–Trinajstić information content (AvgIpc) is 2.49. The first kappa shape index (κ1) is 20.0. The summed E-state index contributed by atoms with van der Waals surface area (Å²) >= 11 is 0. The molecule has 0 amide bonds. The predicted octanol–water partition coefficient (Wildman–Crippen LogP) is 6.26. The van der Waals surface area contributed by atoms with E-state index in [1.165, 1.54) is 38.5 Å². The second kappa shape index (κ2) is 8.71. The first-order valence-corrected chi connectivity index (χ1v) is 10.00. The summed E-state index contributed by atoms with van der Waals surface area (Å²) in [6.45, 7) is 16.9. The van der Waals surface area contributed by atoms with Crippen LogP contribution in [0.15, 0.2) is 0 Å². The summed E-state index contributed by atoms with van der Waals surface area (Å²) in [6.07, 6.45) is 9.38. The second-order valence-corrected chi connectivity index (χ2v) is 9.07. The van der Waals surface area contributed by atoms with Crippen LogP contribution in [-0.4, -0.2) is 6.04 Å². The lowest BCUT2D eigenvalue weighted by Gasteiger charge is -2.50. The smallest absolute Gasteiger partial charge is 0.00723 e. The minimum Gasteiger partial charge on any atom is -0.327 e. The lowest BCUT2D eigenvalue weighted by atomic mass is 9.56. The van der Waals surface area contributed by atoms with Gasteiger partial charge in [-0.3, -0.25) is 0 Å². The highest BCUT2D eigenvalue weighted by Gasteiger charge is 2.44. The molecule has 0 bridgehead atoms. The zero-order chi connectivity index (χ0) is 16.9. The summed E-state index contributed by atoms with van der Waals surface area (Å²) < 4.78 is 0. The molecule has 1 aliphatic rings. The number of hydrogen-bond acceptors (Lipinski definition) is 1. The van der Waals surface area contributed by atoms with Crippen molar-refractivity contribution in [2.24, 2.45) is 40.7 Å². The van der Waals surface area contributed by atoms with Crippen LogP contribution < -0.4 is 5.73 Å². The third-order valence-corrected chi connectivity index (χ3v) is 7.04. The average molecular weight is 310 g/mol. The van der Waals surface area contributed by atoms with Crippen LogP contribution in [0.5, 0.6) is 0 Å². The molecule has 6 unspecified atom stereocenters. The molecule has 0 radical (unpaired) electrons. The van der Waals surface area contributed by atoms with E-state index in [2.05, 4.69) is 48.5 Å². The van der Waals surface area contributed by atoms with Crippen LogP contribution in [0.3, 0.4) is 0 Å². The molecule has 0 spiro atoms. The summed E-state index contributed by atoms with van der Waals surface area (Å²) in [4.78, 5) is 0. The van der Waals surface area contributed by atoms with Crippen molar-refractivity contribution >= 4 is 0 Å². The Kier molecular flexibility index (Phi) is 7.92. The van der Waals surface area contributed by atoms with Crippen molar-refractivity contribution in [2.75, 3.05) is 0 Å². The van der Waals surface area contributed by atoms with Gasteiger partial charge in [-0.2, -0.15) is 0 Å². The Morgan fingerprint density at radius 3 is 2.23 bits per heavy atom. The molecule has 22 heavy (non-hydrogen) atoms. The highest BCUT2D eigenvalue weighted by Crippen LogP contribution is 2.50. The predicted molar refractivity (Wildman–Crippen MR) is 99.9 cm³/mol. The molecule has 0 aliphatic heterocycles. The van der Waals surface area contributed by atoms with Crippen LogP contribution in [0.4, 0.5) is 0 Å². The maximum absolute atomic E-state index is 6.60. The fourth-order valence-electron chi connectivity index (χ4n) is 4.90. The Labute approximate surface area is 140 Å². The Morgan fingerprint density at radius 1 is 1.05 bits per heavy atom. The monoisotopic (exact) mass is 309 g/mol. The van der Waals surface area contributed by atoms with E-state index in [0.717, 1.165) is 30.1 Å². The van der Waals surface area contributed by atoms with Gasteiger partial charge in [-0.15, -0.1) is 0 Å². The van der Waals surface area contributed by atoms with E-state index >= 15 is 0 Å². The Morgan fingerprint density at radius 2 is 1.68 bits per heavy atom. The van der Waals surface area contributed by atoms with Crippen molar-refractivity contribution in [1.29, 1.82) is 0 Å². The van der Waals surface area contributed by atoms with Gasteiger partial charge in [-0.05, 0) is 54.3 Å². The van der Waals surface area contributed by atoms with E-state index in [1.54, 1.807) is 0 Å². The van der Waals surface area contributed by atoms with Crippen molar-refractivity contribution in [3.05, 3.63) is 0 Å². The Bertz CT molecular complexity index is 309. The summed E-state index contributed by atoms with van der Waals surface area (Å²) in [5.41, 5.74) is 7.02. The minimum atomic E-state index is 0.379. The van der Waals surface area contributed by atoms with Gasteiger partial charge in [0.2, 0.25) is 0 Å². The molecule has 0 heterocycles. The van der Waals surface area contributed by atoms with Gasteiger partial charge in [0.1, 0.15) is 0 Å². The van der Waals surface area contributed by atoms with Gasteiger partial charge in [-0.1, -0.05) is 74.1 Å². The van der Waals surface area contributed by atoms with Crippen molar-refractivity contribution in [2.45, 2.75) is 99.5 Å². The molecule has 2 N–H and O–H groups in total. The number of hydrogen-bond donors (Lipinski definition) is 1. The van der Waals surface area contributed by atoms with E-state index in [9.17, 15) is 0 Å². The molecule has 6 atom stereocenters. The molecule has 0 aromatic carbocycles. The first-order chi connectivity index (χ1) is 10.2. The normalized spacial score (nSPS) is 30.5. The lowest BCUT2D eigenvalue weighted by Crippen LogP contribution is -2.48. The van der Waals surface area contributed by atoms with Gasteiger partial charge in [0.25, 0.3) is 0 Å². The summed E-state index contributed by atoms with van der Waals surface area (Å²) in [7, 11) is 0. The second-order valence-electron chi connectivity index (χ2n) is 9.07. The highest BCUT2D eigenvalue weighted by atomic mass is 14.7. The highest BCUT2D eigenvalue weighted by molar-refractivity contribution is 4.95. The fourth-order valence-corrected chi connectivity index (χ4v) is 4.90. The van der Waals surface area contributed by atoms with Gasteiger partial charge in [0.05, 0.1) is 0 Å². The third-order valence-electron chi connectivity index (χ3n) is 7.04. The number of nitrogens with two attached hydrogens (primary N) is 1. The van der Waals surface area contributed by atoms with Crippen LogP contribution in [0, 0.1) is 35.0 Å². The SMILES string of the molecule is CCC(C)CCC(C)C(C)C1CCCC(C)(C)C1C(N)CC. The minimum absolute atomic E-state index is 0.379. The van der Waals surface area contributed by atoms with Crippen molar-refractivity contribution in [3.63, 3.8) is 0 Å². The van der Waals surface area contributed by atoms with E-state index < -0.39 is 0 Å². The lowest BCUT2D eigenvalue weighted by molar-refractivity contribution is 0.00832. The molecule has 1 aliphatic carbocycles. The summed E-state index contributed by atoms with van der Waals surface area (Å²) in [6, 6.07) is 0.379. The molecule has 132 valence electrons. The zero-order valence-corrected chi connectivity index (χ0v) is 16.5. The molecule has 1 heteroatoms. The Balaban J connectivity index is 2.77. The molecule has 0 aromatic rings. The molecular formula is C21H43N.